The Morgan fingerprint density at radius 1 is 1.39 bits per heavy atom. The Balaban J connectivity index is 1.68. The van der Waals surface area contributed by atoms with E-state index in [1.54, 1.807) is 19.2 Å². The third kappa shape index (κ3) is 3.18. The van der Waals surface area contributed by atoms with E-state index in [2.05, 4.69) is 38.9 Å². The van der Waals surface area contributed by atoms with E-state index in [1.165, 1.54) is 6.20 Å². The molecule has 0 saturated carbocycles. The Morgan fingerprint density at radius 3 is 2.87 bits per heavy atom. The van der Waals surface area contributed by atoms with Crippen LogP contribution in [0.3, 0.4) is 0 Å². The Kier molecular flexibility index (Phi) is 4.27. The molecule has 2 aromatic heterocycles. The lowest BCUT2D eigenvalue weighted by molar-refractivity contribution is 0.0926. The molecule has 0 unspecified atom stereocenters. The van der Waals surface area contributed by atoms with Crippen LogP contribution in [0.25, 0.3) is 0 Å². The monoisotopic (exact) mass is 315 g/mol. The van der Waals surface area contributed by atoms with Gasteiger partial charge in [0, 0.05) is 37.2 Å². The van der Waals surface area contributed by atoms with Gasteiger partial charge in [-0.05, 0) is 12.5 Å². The first-order valence-corrected chi connectivity index (χ1v) is 7.81. The van der Waals surface area contributed by atoms with Crippen molar-refractivity contribution in [2.45, 2.75) is 45.2 Å². The molecule has 1 N–H and O–H groups in total. The van der Waals surface area contributed by atoms with Crippen LogP contribution in [0.2, 0.25) is 0 Å². The molecule has 7 heteroatoms. The van der Waals surface area contributed by atoms with Crippen LogP contribution in [0.5, 0.6) is 5.88 Å². The van der Waals surface area contributed by atoms with Crippen molar-refractivity contribution >= 4 is 5.91 Å². The molecule has 1 aliphatic rings. The highest BCUT2D eigenvalue weighted by atomic mass is 16.5. The predicted octanol–water partition coefficient (Wildman–Crippen LogP) is 1.55. The van der Waals surface area contributed by atoms with Crippen LogP contribution in [0.4, 0.5) is 0 Å². The van der Waals surface area contributed by atoms with Crippen molar-refractivity contribution in [2.24, 2.45) is 0 Å². The van der Waals surface area contributed by atoms with Gasteiger partial charge in [0.1, 0.15) is 11.6 Å². The zero-order valence-electron chi connectivity index (χ0n) is 13.6. The van der Waals surface area contributed by atoms with E-state index in [1.807, 2.05) is 0 Å². The number of amides is 1. The zero-order chi connectivity index (χ0) is 16.4. The second-order valence-electron chi connectivity index (χ2n) is 6.04. The molecule has 1 aliphatic heterocycles. The van der Waals surface area contributed by atoms with Gasteiger partial charge in [-0.1, -0.05) is 13.8 Å². The van der Waals surface area contributed by atoms with Crippen LogP contribution in [0.15, 0.2) is 18.3 Å². The first-order valence-electron chi connectivity index (χ1n) is 7.81. The Hall–Kier alpha value is -2.44. The minimum Gasteiger partial charge on any atom is -0.481 e. The van der Waals surface area contributed by atoms with Crippen LogP contribution in [0, 0.1) is 0 Å². The Labute approximate surface area is 135 Å². The highest BCUT2D eigenvalue weighted by Crippen LogP contribution is 2.20. The van der Waals surface area contributed by atoms with Crippen LogP contribution >= 0.6 is 0 Å². The number of hydrogen-bond acceptors (Lipinski definition) is 5. The fourth-order valence-corrected chi connectivity index (χ4v) is 2.80. The van der Waals surface area contributed by atoms with E-state index in [0.717, 1.165) is 24.5 Å². The molecule has 0 aromatic carbocycles. The lowest BCUT2D eigenvalue weighted by atomic mass is 10.1. The highest BCUT2D eigenvalue weighted by molar-refractivity contribution is 5.94. The average Bonchev–Trinajstić information content (AvgIpc) is 2.98. The molecular formula is C16H21N5O2. The van der Waals surface area contributed by atoms with Crippen molar-refractivity contribution in [1.29, 1.82) is 0 Å². The van der Waals surface area contributed by atoms with Gasteiger partial charge in [0.25, 0.3) is 5.91 Å². The normalized spacial score (nSPS) is 17.0. The summed E-state index contributed by atoms with van der Waals surface area (Å²) in [6.45, 7) is 4.91. The highest BCUT2D eigenvalue weighted by Gasteiger charge is 2.25. The second-order valence-corrected chi connectivity index (χ2v) is 6.04. The SMILES string of the molecule is COc1ccc(C(=O)N[C@H]2CCc3nnc(C(C)C)n3C2)cn1. The molecule has 0 spiro atoms. The molecule has 3 heterocycles. The lowest BCUT2D eigenvalue weighted by Crippen LogP contribution is -2.41. The summed E-state index contributed by atoms with van der Waals surface area (Å²) in [4.78, 5) is 16.4. The van der Waals surface area contributed by atoms with Crippen molar-refractivity contribution in [2.75, 3.05) is 7.11 Å². The summed E-state index contributed by atoms with van der Waals surface area (Å²) < 4.78 is 7.13. The number of fused-ring (bicyclic) bond motifs is 1. The van der Waals surface area contributed by atoms with Crippen molar-refractivity contribution in [3.8, 4) is 5.88 Å². The summed E-state index contributed by atoms with van der Waals surface area (Å²) in [5, 5.41) is 11.6. The van der Waals surface area contributed by atoms with Crippen molar-refractivity contribution in [3.63, 3.8) is 0 Å². The van der Waals surface area contributed by atoms with Crippen LogP contribution in [-0.2, 0) is 13.0 Å². The molecule has 0 bridgehead atoms. The van der Waals surface area contributed by atoms with Gasteiger partial charge in [0.2, 0.25) is 5.88 Å². The number of pyridine rings is 1. The minimum absolute atomic E-state index is 0.0746. The van der Waals surface area contributed by atoms with E-state index in [-0.39, 0.29) is 11.9 Å². The number of rotatable bonds is 4. The number of aryl methyl sites for hydroxylation is 1. The maximum absolute atomic E-state index is 12.3. The smallest absolute Gasteiger partial charge is 0.253 e. The average molecular weight is 315 g/mol. The molecule has 3 rings (SSSR count). The number of hydrogen-bond donors (Lipinski definition) is 1. The summed E-state index contributed by atoms with van der Waals surface area (Å²) in [7, 11) is 1.55. The molecule has 1 amide bonds. The summed E-state index contributed by atoms with van der Waals surface area (Å²) in [6, 6.07) is 3.48. The van der Waals surface area contributed by atoms with Crippen LogP contribution in [0.1, 0.15) is 48.2 Å². The molecule has 7 nitrogen and oxygen atoms in total. The van der Waals surface area contributed by atoms with E-state index >= 15 is 0 Å². The van der Waals surface area contributed by atoms with Gasteiger partial charge in [-0.2, -0.15) is 0 Å². The molecule has 0 aliphatic carbocycles. The fourth-order valence-electron chi connectivity index (χ4n) is 2.80. The van der Waals surface area contributed by atoms with Crippen LogP contribution in [-0.4, -0.2) is 38.8 Å². The number of ether oxygens (including phenoxy) is 1. The molecule has 0 radical (unpaired) electrons. The molecule has 23 heavy (non-hydrogen) atoms. The first kappa shape index (κ1) is 15.5. The Bertz CT molecular complexity index is 693. The standard InChI is InChI=1S/C16H21N5O2/c1-10(2)15-20-19-13-6-5-12(9-21(13)15)18-16(22)11-4-7-14(23-3)17-8-11/h4,7-8,10,12H,5-6,9H2,1-3H3,(H,18,22)/t12-/m0/s1. The fraction of sp³-hybridized carbons (Fsp3) is 0.500. The van der Waals surface area contributed by atoms with Crippen molar-refractivity contribution in [3.05, 3.63) is 35.5 Å². The topological polar surface area (TPSA) is 81.9 Å². The Morgan fingerprint density at radius 2 is 2.22 bits per heavy atom. The van der Waals surface area contributed by atoms with Gasteiger partial charge in [-0.15, -0.1) is 10.2 Å². The number of nitrogens with zero attached hydrogens (tertiary/aromatic N) is 4. The van der Waals surface area contributed by atoms with Gasteiger partial charge < -0.3 is 14.6 Å². The molecule has 0 fully saturated rings. The number of carbonyl (C=O) groups is 1. The number of carbonyl (C=O) groups excluding carboxylic acids is 1. The van der Waals surface area contributed by atoms with E-state index in [9.17, 15) is 4.79 Å². The summed E-state index contributed by atoms with van der Waals surface area (Å²) in [6.07, 6.45) is 3.22. The van der Waals surface area contributed by atoms with Gasteiger partial charge in [0.05, 0.1) is 12.7 Å². The molecule has 1 atom stereocenters. The van der Waals surface area contributed by atoms with Crippen molar-refractivity contribution < 1.29 is 9.53 Å². The van der Waals surface area contributed by atoms with E-state index in [0.29, 0.717) is 23.9 Å². The van der Waals surface area contributed by atoms with Gasteiger partial charge in [-0.3, -0.25) is 4.79 Å². The first-order chi connectivity index (χ1) is 11.1. The third-order valence-corrected chi connectivity index (χ3v) is 4.03. The largest absolute Gasteiger partial charge is 0.481 e. The number of aromatic nitrogens is 4. The molecule has 122 valence electrons. The predicted molar refractivity (Wildman–Crippen MR) is 84.5 cm³/mol. The quantitative estimate of drug-likeness (QED) is 0.925. The zero-order valence-corrected chi connectivity index (χ0v) is 13.6. The van der Waals surface area contributed by atoms with Crippen LogP contribution < -0.4 is 10.1 Å². The summed E-state index contributed by atoms with van der Waals surface area (Å²) >= 11 is 0. The maximum atomic E-state index is 12.3. The lowest BCUT2D eigenvalue weighted by Gasteiger charge is -2.25. The second kappa shape index (κ2) is 6.36. The van der Waals surface area contributed by atoms with E-state index < -0.39 is 0 Å². The number of nitrogens with one attached hydrogen (secondary N) is 1. The molecule has 2 aromatic rings. The van der Waals surface area contributed by atoms with E-state index in [4.69, 9.17) is 4.74 Å². The van der Waals surface area contributed by atoms with Gasteiger partial charge in [-0.25, -0.2) is 4.98 Å². The van der Waals surface area contributed by atoms with Gasteiger partial charge in [0.15, 0.2) is 0 Å². The molecule has 0 saturated heterocycles. The summed E-state index contributed by atoms with van der Waals surface area (Å²) in [5.74, 6) is 2.68. The number of methoxy groups -OCH3 is 1. The molecular weight excluding hydrogens is 294 g/mol. The van der Waals surface area contributed by atoms with Crippen molar-refractivity contribution in [1.82, 2.24) is 25.1 Å². The maximum Gasteiger partial charge on any atom is 0.253 e. The third-order valence-electron chi connectivity index (χ3n) is 4.03. The minimum atomic E-state index is -0.118. The summed E-state index contributed by atoms with van der Waals surface area (Å²) in [5.41, 5.74) is 0.532. The van der Waals surface area contributed by atoms with Gasteiger partial charge >= 0.3 is 0 Å².